The van der Waals surface area contributed by atoms with E-state index in [1.54, 1.807) is 0 Å². The number of rotatable bonds is 4. The molecule has 1 saturated carbocycles. The van der Waals surface area contributed by atoms with Crippen LogP contribution < -0.4 is 5.32 Å². The first-order chi connectivity index (χ1) is 11.0. The Hall–Kier alpha value is -2.76. The van der Waals surface area contributed by atoms with E-state index < -0.39 is 5.97 Å². The molecule has 1 aromatic heterocycles. The third-order valence-electron chi connectivity index (χ3n) is 4.30. The smallest absolute Gasteiger partial charge is 0.356 e. The Kier molecular flexibility index (Phi) is 3.82. The molecule has 0 unspecified atom stereocenters. The fraction of sp³-hybridized carbons (Fsp3) is 0.294. The Morgan fingerprint density at radius 2 is 1.74 bits per heavy atom. The molecule has 0 atom stereocenters. The number of aromatic carboxylic acids is 1. The van der Waals surface area contributed by atoms with E-state index in [2.05, 4.69) is 34.3 Å². The van der Waals surface area contributed by atoms with Gasteiger partial charge in [0.1, 0.15) is 5.69 Å². The number of hydrogen-bond donors (Lipinski definition) is 2. The summed E-state index contributed by atoms with van der Waals surface area (Å²) in [6.07, 6.45) is 4.01. The molecule has 1 aromatic carbocycles. The van der Waals surface area contributed by atoms with Crippen LogP contribution >= 0.6 is 0 Å². The molecule has 2 aromatic rings. The first-order valence-electron chi connectivity index (χ1n) is 7.40. The number of carboxylic acids is 1. The number of nitrogens with one attached hydrogen (secondary N) is 1. The summed E-state index contributed by atoms with van der Waals surface area (Å²) in [5.74, 6) is -1.49. The second-order valence-electron chi connectivity index (χ2n) is 6.10. The lowest BCUT2D eigenvalue weighted by Gasteiger charge is -2.46. The summed E-state index contributed by atoms with van der Waals surface area (Å²) in [6.45, 7) is 2.19. The molecule has 23 heavy (non-hydrogen) atoms. The van der Waals surface area contributed by atoms with Crippen molar-refractivity contribution in [3.8, 4) is 0 Å². The molecule has 0 aliphatic heterocycles. The zero-order valence-electron chi connectivity index (χ0n) is 12.7. The summed E-state index contributed by atoms with van der Waals surface area (Å²) in [7, 11) is 0. The van der Waals surface area contributed by atoms with Crippen LogP contribution in [0.15, 0.2) is 42.7 Å². The van der Waals surface area contributed by atoms with Crippen molar-refractivity contribution < 1.29 is 14.7 Å². The van der Waals surface area contributed by atoms with E-state index in [1.165, 1.54) is 11.8 Å². The molecule has 1 aliphatic carbocycles. The Labute approximate surface area is 133 Å². The standard InChI is InChI=1S/C17H17N3O3/c1-17(11-5-3-2-4-6-11)7-12(8-17)20-15(21)13-9-19-14(10-18-13)16(22)23/h2-6,9-10,12H,7-8H2,1H3,(H,20,21)(H,22,23). The highest BCUT2D eigenvalue weighted by Gasteiger charge is 2.42. The first-order valence-corrected chi connectivity index (χ1v) is 7.40. The van der Waals surface area contributed by atoms with Gasteiger partial charge >= 0.3 is 5.97 Å². The molecular formula is C17H17N3O3. The van der Waals surface area contributed by atoms with Crippen molar-refractivity contribution >= 4 is 11.9 Å². The van der Waals surface area contributed by atoms with Gasteiger partial charge in [0.25, 0.3) is 5.91 Å². The van der Waals surface area contributed by atoms with E-state index >= 15 is 0 Å². The molecule has 6 heteroatoms. The van der Waals surface area contributed by atoms with Crippen LogP contribution in [0.5, 0.6) is 0 Å². The van der Waals surface area contributed by atoms with Gasteiger partial charge in [-0.3, -0.25) is 4.79 Å². The average molecular weight is 311 g/mol. The summed E-state index contributed by atoms with van der Waals surface area (Å²) >= 11 is 0. The van der Waals surface area contributed by atoms with E-state index in [1.807, 2.05) is 18.2 Å². The third kappa shape index (κ3) is 3.06. The lowest BCUT2D eigenvalue weighted by molar-refractivity contribution is 0.0688. The van der Waals surface area contributed by atoms with E-state index in [9.17, 15) is 9.59 Å². The van der Waals surface area contributed by atoms with Crippen LogP contribution in [0, 0.1) is 0 Å². The third-order valence-corrected chi connectivity index (χ3v) is 4.30. The summed E-state index contributed by atoms with van der Waals surface area (Å²) in [6, 6.07) is 10.3. The van der Waals surface area contributed by atoms with Crippen LogP contribution in [0.4, 0.5) is 0 Å². The fourth-order valence-electron chi connectivity index (χ4n) is 3.02. The van der Waals surface area contributed by atoms with Crippen molar-refractivity contribution in [2.75, 3.05) is 0 Å². The molecule has 2 N–H and O–H groups in total. The second-order valence-corrected chi connectivity index (χ2v) is 6.10. The van der Waals surface area contributed by atoms with Gasteiger partial charge < -0.3 is 10.4 Å². The van der Waals surface area contributed by atoms with Crippen LogP contribution in [-0.2, 0) is 5.41 Å². The SMILES string of the molecule is CC1(c2ccccc2)CC(NC(=O)c2cnc(C(=O)O)cn2)C1. The molecule has 1 aliphatic rings. The summed E-state index contributed by atoms with van der Waals surface area (Å²) in [5.41, 5.74) is 1.30. The number of carbonyl (C=O) groups excluding carboxylic acids is 1. The molecule has 6 nitrogen and oxygen atoms in total. The maximum absolute atomic E-state index is 12.1. The van der Waals surface area contributed by atoms with Gasteiger partial charge in [-0.2, -0.15) is 0 Å². The van der Waals surface area contributed by atoms with Crippen molar-refractivity contribution in [2.24, 2.45) is 0 Å². The fourth-order valence-corrected chi connectivity index (χ4v) is 3.02. The minimum absolute atomic E-state index is 0.0814. The summed E-state index contributed by atoms with van der Waals surface area (Å²) in [5, 5.41) is 11.7. The van der Waals surface area contributed by atoms with Crippen LogP contribution in [0.25, 0.3) is 0 Å². The molecule has 1 fully saturated rings. The second kappa shape index (κ2) is 5.79. The van der Waals surface area contributed by atoms with E-state index in [0.29, 0.717) is 0 Å². The topological polar surface area (TPSA) is 92.2 Å². The number of carbonyl (C=O) groups is 2. The number of amides is 1. The molecule has 0 saturated heterocycles. The van der Waals surface area contributed by atoms with Crippen molar-refractivity contribution in [1.29, 1.82) is 0 Å². The van der Waals surface area contributed by atoms with Crippen molar-refractivity contribution in [3.05, 3.63) is 59.7 Å². The predicted octanol–water partition coefficient (Wildman–Crippen LogP) is 2.02. The average Bonchev–Trinajstić information content (AvgIpc) is 2.54. The maximum Gasteiger partial charge on any atom is 0.356 e. The van der Waals surface area contributed by atoms with E-state index in [-0.39, 0.29) is 28.8 Å². The Morgan fingerprint density at radius 1 is 1.13 bits per heavy atom. The lowest BCUT2D eigenvalue weighted by atomic mass is 9.63. The quantitative estimate of drug-likeness (QED) is 0.901. The maximum atomic E-state index is 12.1. The van der Waals surface area contributed by atoms with Crippen molar-refractivity contribution in [2.45, 2.75) is 31.2 Å². The van der Waals surface area contributed by atoms with Gasteiger partial charge in [-0.25, -0.2) is 14.8 Å². The molecule has 1 amide bonds. The molecule has 1 heterocycles. The Bertz CT molecular complexity index is 723. The normalized spacial score (nSPS) is 22.9. The highest BCUT2D eigenvalue weighted by molar-refractivity contribution is 5.93. The number of carboxylic acid groups (broad SMARTS) is 1. The zero-order chi connectivity index (χ0) is 16.4. The number of hydrogen-bond acceptors (Lipinski definition) is 4. The van der Waals surface area contributed by atoms with Gasteiger partial charge in [0.15, 0.2) is 5.69 Å². The predicted molar refractivity (Wildman–Crippen MR) is 83.3 cm³/mol. The highest BCUT2D eigenvalue weighted by atomic mass is 16.4. The monoisotopic (exact) mass is 311 g/mol. The van der Waals surface area contributed by atoms with Crippen LogP contribution in [-0.4, -0.2) is 33.0 Å². The lowest BCUT2D eigenvalue weighted by Crippen LogP contribution is -2.51. The molecule has 3 rings (SSSR count). The van der Waals surface area contributed by atoms with Gasteiger partial charge in [-0.1, -0.05) is 37.3 Å². The highest BCUT2D eigenvalue weighted by Crippen LogP contribution is 2.43. The minimum atomic E-state index is -1.16. The number of nitrogens with zero attached hydrogens (tertiary/aromatic N) is 2. The van der Waals surface area contributed by atoms with Gasteiger partial charge in [0.2, 0.25) is 0 Å². The molecular weight excluding hydrogens is 294 g/mol. The largest absolute Gasteiger partial charge is 0.476 e. The van der Waals surface area contributed by atoms with Crippen LogP contribution in [0.1, 0.15) is 46.3 Å². The van der Waals surface area contributed by atoms with Gasteiger partial charge in [0, 0.05) is 6.04 Å². The molecule has 0 radical (unpaired) electrons. The molecule has 0 spiro atoms. The van der Waals surface area contributed by atoms with Gasteiger partial charge in [0.05, 0.1) is 12.4 Å². The van der Waals surface area contributed by atoms with Gasteiger partial charge in [-0.15, -0.1) is 0 Å². The number of benzene rings is 1. The molecule has 118 valence electrons. The van der Waals surface area contributed by atoms with E-state index in [4.69, 9.17) is 5.11 Å². The van der Waals surface area contributed by atoms with Crippen LogP contribution in [0.2, 0.25) is 0 Å². The van der Waals surface area contributed by atoms with Crippen LogP contribution in [0.3, 0.4) is 0 Å². The first kappa shape index (κ1) is 15.1. The Morgan fingerprint density at radius 3 is 2.30 bits per heavy atom. The molecule has 0 bridgehead atoms. The number of aromatic nitrogens is 2. The van der Waals surface area contributed by atoms with Crippen molar-refractivity contribution in [3.63, 3.8) is 0 Å². The summed E-state index contributed by atoms with van der Waals surface area (Å²) in [4.78, 5) is 30.4. The zero-order valence-corrected chi connectivity index (χ0v) is 12.7. The van der Waals surface area contributed by atoms with E-state index in [0.717, 1.165) is 19.0 Å². The summed E-state index contributed by atoms with van der Waals surface area (Å²) < 4.78 is 0. The minimum Gasteiger partial charge on any atom is -0.476 e. The Balaban J connectivity index is 1.59. The van der Waals surface area contributed by atoms with Gasteiger partial charge in [-0.05, 0) is 23.8 Å². The van der Waals surface area contributed by atoms with Crippen molar-refractivity contribution in [1.82, 2.24) is 15.3 Å².